The maximum atomic E-state index is 10.1. The van der Waals surface area contributed by atoms with Crippen LogP contribution < -0.4 is 5.32 Å². The van der Waals surface area contributed by atoms with Gasteiger partial charge >= 0.3 is 0 Å². The standard InChI is InChI=1S/C14H14N4O4/c15-4-7-5-17-8-2-1-3-16-14(8)18-10(7)13-12(21)11(20)9(6-19)22-13/h1-3,5,9,11-13,19-21H,6H2,(H,16,18)/t9-,11-,12-,13+/m1/s1. The number of rotatable bonds is 2. The van der Waals surface area contributed by atoms with Gasteiger partial charge in [-0.2, -0.15) is 5.26 Å². The van der Waals surface area contributed by atoms with Gasteiger partial charge in [0.15, 0.2) is 5.82 Å². The summed E-state index contributed by atoms with van der Waals surface area (Å²) in [6, 6.07) is 5.41. The Kier molecular flexibility index (Phi) is 3.87. The van der Waals surface area contributed by atoms with Crippen LogP contribution in [0.1, 0.15) is 0 Å². The number of aliphatic hydroxyl groups is 3. The lowest BCUT2D eigenvalue weighted by molar-refractivity contribution is -0.0138. The number of allylic oxidation sites excluding steroid dienone is 1. The van der Waals surface area contributed by atoms with Gasteiger partial charge in [0.1, 0.15) is 36.2 Å². The molecule has 2 aliphatic heterocycles. The fourth-order valence-corrected chi connectivity index (χ4v) is 2.45. The number of aliphatic hydroxyl groups excluding tert-OH is 3. The molecule has 22 heavy (non-hydrogen) atoms. The monoisotopic (exact) mass is 302 g/mol. The number of aromatic nitrogens is 1. The SMILES string of the molecule is N#CC1=C([C@@H]2O[C@H](CO)[C@@H](O)[C@H]2O)Nc2ncccc2N=C1. The summed E-state index contributed by atoms with van der Waals surface area (Å²) >= 11 is 0. The van der Waals surface area contributed by atoms with E-state index in [1.807, 2.05) is 6.07 Å². The minimum absolute atomic E-state index is 0.160. The van der Waals surface area contributed by atoms with Crippen molar-refractivity contribution in [2.24, 2.45) is 4.99 Å². The lowest BCUT2D eigenvalue weighted by Gasteiger charge is -2.20. The molecule has 114 valence electrons. The molecule has 1 saturated heterocycles. The normalized spacial score (nSPS) is 30.5. The quantitative estimate of drug-likeness (QED) is 0.577. The molecule has 0 spiro atoms. The second kappa shape index (κ2) is 5.82. The van der Waals surface area contributed by atoms with E-state index in [1.165, 1.54) is 6.21 Å². The zero-order chi connectivity index (χ0) is 15.7. The lowest BCUT2D eigenvalue weighted by Crippen LogP contribution is -2.35. The zero-order valence-corrected chi connectivity index (χ0v) is 11.4. The molecule has 4 atom stereocenters. The first-order valence-corrected chi connectivity index (χ1v) is 6.68. The Morgan fingerprint density at radius 2 is 2.18 bits per heavy atom. The van der Waals surface area contributed by atoms with Crippen LogP contribution in [0.3, 0.4) is 0 Å². The second-order valence-electron chi connectivity index (χ2n) is 4.95. The predicted molar refractivity (Wildman–Crippen MR) is 76.4 cm³/mol. The number of nitrogens with one attached hydrogen (secondary N) is 1. The molecule has 0 unspecified atom stereocenters. The van der Waals surface area contributed by atoms with E-state index in [1.54, 1.807) is 18.3 Å². The molecule has 8 heteroatoms. The van der Waals surface area contributed by atoms with Crippen molar-refractivity contribution in [1.82, 2.24) is 4.98 Å². The molecule has 0 amide bonds. The van der Waals surface area contributed by atoms with Crippen molar-refractivity contribution in [1.29, 1.82) is 5.26 Å². The van der Waals surface area contributed by atoms with Gasteiger partial charge in [0.05, 0.1) is 17.9 Å². The number of nitriles is 1. The van der Waals surface area contributed by atoms with E-state index >= 15 is 0 Å². The molecule has 3 rings (SSSR count). The third-order valence-electron chi connectivity index (χ3n) is 3.61. The highest BCUT2D eigenvalue weighted by Gasteiger charge is 2.45. The fourth-order valence-electron chi connectivity index (χ4n) is 2.45. The summed E-state index contributed by atoms with van der Waals surface area (Å²) in [7, 11) is 0. The van der Waals surface area contributed by atoms with E-state index < -0.39 is 31.0 Å². The molecule has 1 aromatic rings. The summed E-state index contributed by atoms with van der Waals surface area (Å²) in [6.45, 7) is -0.438. The van der Waals surface area contributed by atoms with Crippen LogP contribution in [0.4, 0.5) is 11.5 Å². The Hall–Kier alpha value is -2.31. The van der Waals surface area contributed by atoms with Crippen LogP contribution in [0, 0.1) is 11.3 Å². The third kappa shape index (κ3) is 2.36. The largest absolute Gasteiger partial charge is 0.394 e. The number of hydrogen-bond donors (Lipinski definition) is 4. The highest BCUT2D eigenvalue weighted by molar-refractivity contribution is 5.91. The zero-order valence-electron chi connectivity index (χ0n) is 11.4. The van der Waals surface area contributed by atoms with Crippen LogP contribution in [0.2, 0.25) is 0 Å². The Labute approximate surface area is 126 Å². The smallest absolute Gasteiger partial charge is 0.156 e. The van der Waals surface area contributed by atoms with E-state index in [0.717, 1.165) is 0 Å². The highest BCUT2D eigenvalue weighted by atomic mass is 16.6. The first kappa shape index (κ1) is 14.6. The molecule has 0 radical (unpaired) electrons. The maximum Gasteiger partial charge on any atom is 0.156 e. The van der Waals surface area contributed by atoms with Crippen LogP contribution in [-0.2, 0) is 4.74 Å². The van der Waals surface area contributed by atoms with Crippen molar-refractivity contribution >= 4 is 17.7 Å². The minimum atomic E-state index is -1.28. The Bertz CT molecular complexity index is 682. The Morgan fingerprint density at radius 1 is 1.36 bits per heavy atom. The number of fused-ring (bicyclic) bond motifs is 1. The summed E-state index contributed by atoms with van der Waals surface area (Å²) in [5.74, 6) is 0.414. The van der Waals surface area contributed by atoms with Crippen LogP contribution in [0.25, 0.3) is 0 Å². The van der Waals surface area contributed by atoms with Gasteiger partial charge in [0.2, 0.25) is 0 Å². The van der Waals surface area contributed by atoms with Crippen LogP contribution in [0.5, 0.6) is 0 Å². The molecule has 1 fully saturated rings. The van der Waals surface area contributed by atoms with Gasteiger partial charge in [-0.25, -0.2) is 4.98 Å². The molecular weight excluding hydrogens is 288 g/mol. The summed E-state index contributed by atoms with van der Waals surface area (Å²) in [4.78, 5) is 8.30. The van der Waals surface area contributed by atoms with E-state index in [2.05, 4.69) is 15.3 Å². The van der Waals surface area contributed by atoms with Crippen LogP contribution in [0.15, 0.2) is 34.6 Å². The van der Waals surface area contributed by atoms with E-state index in [-0.39, 0.29) is 11.3 Å². The molecule has 0 saturated carbocycles. The van der Waals surface area contributed by atoms with Gasteiger partial charge < -0.3 is 25.4 Å². The predicted octanol–water partition coefficient (Wildman–Crippen LogP) is -0.531. The minimum Gasteiger partial charge on any atom is -0.394 e. The number of hydrogen-bond acceptors (Lipinski definition) is 8. The van der Waals surface area contributed by atoms with Crippen LogP contribution in [-0.4, -0.2) is 57.5 Å². The maximum absolute atomic E-state index is 10.1. The number of aliphatic imine (C=N–C) groups is 1. The average molecular weight is 302 g/mol. The molecule has 8 nitrogen and oxygen atoms in total. The van der Waals surface area contributed by atoms with Crippen molar-refractivity contribution in [3.05, 3.63) is 29.6 Å². The third-order valence-corrected chi connectivity index (χ3v) is 3.61. The number of pyridine rings is 1. The van der Waals surface area contributed by atoms with Gasteiger partial charge in [-0.05, 0) is 12.1 Å². The van der Waals surface area contributed by atoms with Crippen molar-refractivity contribution in [2.45, 2.75) is 24.4 Å². The second-order valence-corrected chi connectivity index (χ2v) is 4.95. The topological polar surface area (TPSA) is 131 Å². The van der Waals surface area contributed by atoms with Crippen molar-refractivity contribution < 1.29 is 20.1 Å². The Morgan fingerprint density at radius 3 is 2.86 bits per heavy atom. The molecule has 0 bridgehead atoms. The number of anilines is 1. The average Bonchev–Trinajstić information content (AvgIpc) is 2.73. The van der Waals surface area contributed by atoms with Gasteiger partial charge in [0, 0.05) is 12.4 Å². The fraction of sp³-hybridized carbons (Fsp3) is 0.357. The first-order valence-electron chi connectivity index (χ1n) is 6.68. The number of ether oxygens (including phenoxy) is 1. The van der Waals surface area contributed by atoms with E-state index in [0.29, 0.717) is 11.5 Å². The molecule has 1 aromatic heterocycles. The van der Waals surface area contributed by atoms with Crippen molar-refractivity contribution in [3.8, 4) is 6.07 Å². The van der Waals surface area contributed by atoms with Gasteiger partial charge in [-0.1, -0.05) is 0 Å². The van der Waals surface area contributed by atoms with Gasteiger partial charge in [-0.3, -0.25) is 4.99 Å². The van der Waals surface area contributed by atoms with E-state index in [4.69, 9.17) is 4.74 Å². The van der Waals surface area contributed by atoms with E-state index in [9.17, 15) is 20.6 Å². The van der Waals surface area contributed by atoms with Crippen molar-refractivity contribution in [2.75, 3.05) is 11.9 Å². The summed E-state index contributed by atoms with van der Waals surface area (Å²) in [5.41, 5.74) is 0.955. The number of nitrogens with zero attached hydrogens (tertiary/aromatic N) is 3. The molecular formula is C14H14N4O4. The molecule has 4 N–H and O–H groups in total. The molecule has 2 aliphatic rings. The lowest BCUT2D eigenvalue weighted by atomic mass is 10.0. The Balaban J connectivity index is 2.00. The highest BCUT2D eigenvalue weighted by Crippen LogP contribution is 2.32. The van der Waals surface area contributed by atoms with Crippen molar-refractivity contribution in [3.63, 3.8) is 0 Å². The van der Waals surface area contributed by atoms with Gasteiger partial charge in [0.25, 0.3) is 0 Å². The summed E-state index contributed by atoms with van der Waals surface area (Å²) < 4.78 is 5.47. The molecule has 0 aliphatic carbocycles. The van der Waals surface area contributed by atoms with Gasteiger partial charge in [-0.15, -0.1) is 0 Å². The summed E-state index contributed by atoms with van der Waals surface area (Å²) in [5, 5.41) is 41.4. The molecule has 3 heterocycles. The molecule has 0 aromatic carbocycles. The first-order chi connectivity index (χ1) is 10.7. The summed E-state index contributed by atoms with van der Waals surface area (Å²) in [6.07, 6.45) is -1.51. The van der Waals surface area contributed by atoms with Crippen LogP contribution >= 0.6 is 0 Å².